The number of para-hydroxylation sites is 1. The molecule has 7 nitrogen and oxygen atoms in total. The van der Waals surface area contributed by atoms with E-state index in [1.54, 1.807) is 24.3 Å². The Balaban J connectivity index is 1.62. The SMILES string of the molecule is CC(C)c1noc(-c2cc(=O)n(CC(=O)NCc3ccc(F)cc3)c3ccccc23)n1. The van der Waals surface area contributed by atoms with Gasteiger partial charge in [-0.2, -0.15) is 4.98 Å². The number of fused-ring (bicyclic) bond motifs is 1. The molecule has 1 N–H and O–H groups in total. The summed E-state index contributed by atoms with van der Waals surface area (Å²) in [5.41, 5.74) is 1.53. The molecule has 0 spiro atoms. The van der Waals surface area contributed by atoms with E-state index in [4.69, 9.17) is 4.52 Å². The van der Waals surface area contributed by atoms with Crippen molar-refractivity contribution in [1.29, 1.82) is 0 Å². The molecule has 0 unspecified atom stereocenters. The van der Waals surface area contributed by atoms with Crippen molar-refractivity contribution in [3.05, 3.63) is 82.2 Å². The van der Waals surface area contributed by atoms with Crippen LogP contribution in [0.1, 0.15) is 31.2 Å². The standard InChI is InChI=1S/C23H21FN4O3/c1-14(2)22-26-23(31-27-22)18-11-21(30)28(19-6-4-3-5-17(18)19)13-20(29)25-12-15-7-9-16(24)10-8-15/h3-11,14H,12-13H2,1-2H3,(H,25,29). The fraction of sp³-hybridized carbons (Fsp3) is 0.217. The molecule has 8 heteroatoms. The van der Waals surface area contributed by atoms with Crippen molar-refractivity contribution in [2.75, 3.05) is 0 Å². The first kappa shape index (κ1) is 20.5. The second kappa shape index (κ2) is 8.51. The summed E-state index contributed by atoms with van der Waals surface area (Å²) in [6.45, 7) is 4.00. The third-order valence-corrected chi connectivity index (χ3v) is 4.91. The zero-order valence-electron chi connectivity index (χ0n) is 17.1. The summed E-state index contributed by atoms with van der Waals surface area (Å²) in [5, 5.41) is 7.46. The number of amides is 1. The van der Waals surface area contributed by atoms with Gasteiger partial charge in [-0.1, -0.05) is 49.3 Å². The van der Waals surface area contributed by atoms with Gasteiger partial charge in [0.1, 0.15) is 12.4 Å². The van der Waals surface area contributed by atoms with E-state index in [0.29, 0.717) is 16.9 Å². The van der Waals surface area contributed by atoms with Crippen LogP contribution in [0.4, 0.5) is 4.39 Å². The Morgan fingerprint density at radius 2 is 1.90 bits per heavy atom. The quantitative estimate of drug-likeness (QED) is 0.514. The molecule has 4 aromatic rings. The largest absolute Gasteiger partial charge is 0.350 e. The van der Waals surface area contributed by atoms with Crippen LogP contribution in [0.3, 0.4) is 0 Å². The van der Waals surface area contributed by atoms with Gasteiger partial charge in [-0.25, -0.2) is 4.39 Å². The van der Waals surface area contributed by atoms with E-state index in [9.17, 15) is 14.0 Å². The highest BCUT2D eigenvalue weighted by atomic mass is 19.1. The van der Waals surface area contributed by atoms with E-state index in [2.05, 4.69) is 15.5 Å². The van der Waals surface area contributed by atoms with Gasteiger partial charge >= 0.3 is 0 Å². The van der Waals surface area contributed by atoms with Gasteiger partial charge in [0.05, 0.1) is 11.1 Å². The van der Waals surface area contributed by atoms with Crippen molar-refractivity contribution in [3.63, 3.8) is 0 Å². The number of pyridine rings is 1. The normalized spacial score (nSPS) is 11.2. The van der Waals surface area contributed by atoms with Gasteiger partial charge in [0.2, 0.25) is 5.91 Å². The number of hydrogen-bond acceptors (Lipinski definition) is 5. The summed E-state index contributed by atoms with van der Waals surface area (Å²) >= 11 is 0. The van der Waals surface area contributed by atoms with Crippen LogP contribution in [0.2, 0.25) is 0 Å². The molecule has 2 aromatic carbocycles. The van der Waals surface area contributed by atoms with Crippen LogP contribution in [-0.4, -0.2) is 20.6 Å². The van der Waals surface area contributed by atoms with Crippen molar-refractivity contribution in [3.8, 4) is 11.5 Å². The number of halogens is 1. The molecule has 0 radical (unpaired) electrons. The van der Waals surface area contributed by atoms with Gasteiger partial charge in [0.15, 0.2) is 5.82 Å². The Labute approximate surface area is 177 Å². The monoisotopic (exact) mass is 420 g/mol. The summed E-state index contributed by atoms with van der Waals surface area (Å²) in [6, 6.07) is 14.5. The number of nitrogens with one attached hydrogen (secondary N) is 1. The van der Waals surface area contributed by atoms with Crippen LogP contribution in [0, 0.1) is 5.82 Å². The van der Waals surface area contributed by atoms with Crippen LogP contribution in [0.5, 0.6) is 0 Å². The maximum Gasteiger partial charge on any atom is 0.258 e. The van der Waals surface area contributed by atoms with E-state index < -0.39 is 0 Å². The van der Waals surface area contributed by atoms with Gasteiger partial charge in [-0.15, -0.1) is 0 Å². The van der Waals surface area contributed by atoms with Gasteiger partial charge in [-0.05, 0) is 23.8 Å². The number of carbonyl (C=O) groups excluding carboxylic acids is 1. The second-order valence-corrected chi connectivity index (χ2v) is 7.52. The van der Waals surface area contributed by atoms with E-state index in [-0.39, 0.29) is 42.2 Å². The maximum atomic E-state index is 13.0. The Bertz CT molecular complexity index is 1290. The molecule has 158 valence electrons. The number of aromatic nitrogens is 3. The first-order chi connectivity index (χ1) is 14.9. The predicted octanol–water partition coefficient (Wildman–Crippen LogP) is 3.63. The van der Waals surface area contributed by atoms with E-state index in [0.717, 1.165) is 10.9 Å². The Morgan fingerprint density at radius 1 is 1.16 bits per heavy atom. The lowest BCUT2D eigenvalue weighted by Crippen LogP contribution is -2.32. The molecule has 2 heterocycles. The molecule has 0 saturated heterocycles. The third kappa shape index (κ3) is 4.37. The fourth-order valence-electron chi connectivity index (χ4n) is 3.26. The minimum Gasteiger partial charge on any atom is -0.350 e. The van der Waals surface area contributed by atoms with Crippen LogP contribution in [0.25, 0.3) is 22.4 Å². The maximum absolute atomic E-state index is 13.0. The lowest BCUT2D eigenvalue weighted by atomic mass is 10.1. The smallest absolute Gasteiger partial charge is 0.258 e. The molecule has 0 aliphatic rings. The molecule has 0 saturated carbocycles. The Hall–Kier alpha value is -3.81. The minimum absolute atomic E-state index is 0.0916. The van der Waals surface area contributed by atoms with Gasteiger partial charge in [0.25, 0.3) is 11.4 Å². The highest BCUT2D eigenvalue weighted by Crippen LogP contribution is 2.27. The molecule has 4 rings (SSSR count). The summed E-state index contributed by atoms with van der Waals surface area (Å²) in [6.07, 6.45) is 0. The molecule has 0 bridgehead atoms. The number of carbonyl (C=O) groups is 1. The molecule has 0 atom stereocenters. The van der Waals surface area contributed by atoms with Crippen LogP contribution in [0.15, 0.2) is 63.9 Å². The molecule has 0 fully saturated rings. The van der Waals surface area contributed by atoms with Crippen molar-refractivity contribution in [1.82, 2.24) is 20.0 Å². The molecule has 31 heavy (non-hydrogen) atoms. The van der Waals surface area contributed by atoms with Gasteiger partial charge < -0.3 is 9.84 Å². The Morgan fingerprint density at radius 3 is 2.61 bits per heavy atom. The average Bonchev–Trinajstić information content (AvgIpc) is 3.25. The Kier molecular flexibility index (Phi) is 5.62. The van der Waals surface area contributed by atoms with Crippen molar-refractivity contribution in [2.45, 2.75) is 32.9 Å². The van der Waals surface area contributed by atoms with Gasteiger partial charge in [-0.3, -0.25) is 14.2 Å². The number of benzene rings is 2. The zero-order valence-corrected chi connectivity index (χ0v) is 17.1. The molecule has 0 aliphatic carbocycles. The molecular formula is C23H21FN4O3. The molecular weight excluding hydrogens is 399 g/mol. The van der Waals surface area contributed by atoms with Crippen molar-refractivity contribution in [2.24, 2.45) is 0 Å². The lowest BCUT2D eigenvalue weighted by molar-refractivity contribution is -0.121. The van der Waals surface area contributed by atoms with E-state index in [1.165, 1.54) is 22.8 Å². The number of rotatable bonds is 6. The summed E-state index contributed by atoms with van der Waals surface area (Å²) in [7, 11) is 0. The van der Waals surface area contributed by atoms with Crippen LogP contribution < -0.4 is 10.9 Å². The molecule has 2 aromatic heterocycles. The van der Waals surface area contributed by atoms with E-state index >= 15 is 0 Å². The molecule has 1 amide bonds. The topological polar surface area (TPSA) is 90.0 Å². The van der Waals surface area contributed by atoms with Crippen molar-refractivity contribution < 1.29 is 13.7 Å². The minimum atomic E-state index is -0.352. The van der Waals surface area contributed by atoms with E-state index in [1.807, 2.05) is 26.0 Å². The highest BCUT2D eigenvalue weighted by Gasteiger charge is 2.18. The fourth-order valence-corrected chi connectivity index (χ4v) is 3.26. The summed E-state index contributed by atoms with van der Waals surface area (Å²) < 4.78 is 19.8. The average molecular weight is 420 g/mol. The summed E-state index contributed by atoms with van der Waals surface area (Å²) in [5.74, 6) is 0.251. The molecule has 0 aliphatic heterocycles. The lowest BCUT2D eigenvalue weighted by Gasteiger charge is -2.12. The van der Waals surface area contributed by atoms with Gasteiger partial charge in [0, 0.05) is 23.9 Å². The predicted molar refractivity (Wildman–Crippen MR) is 114 cm³/mol. The third-order valence-electron chi connectivity index (χ3n) is 4.91. The van der Waals surface area contributed by atoms with Crippen molar-refractivity contribution >= 4 is 16.8 Å². The summed E-state index contributed by atoms with van der Waals surface area (Å²) in [4.78, 5) is 29.8. The number of hydrogen-bond donors (Lipinski definition) is 1. The highest BCUT2D eigenvalue weighted by molar-refractivity contribution is 5.93. The first-order valence-electron chi connectivity index (χ1n) is 9.90. The van der Waals surface area contributed by atoms with Crippen LogP contribution >= 0.6 is 0 Å². The number of nitrogens with zero attached hydrogens (tertiary/aromatic N) is 3. The first-order valence-corrected chi connectivity index (χ1v) is 9.90. The zero-order chi connectivity index (χ0) is 22.0. The van der Waals surface area contributed by atoms with Crippen LogP contribution in [-0.2, 0) is 17.9 Å². The second-order valence-electron chi connectivity index (χ2n) is 7.52.